The molecule has 0 radical (unpaired) electrons. The van der Waals surface area contributed by atoms with Gasteiger partial charge in [0.2, 0.25) is 0 Å². The summed E-state index contributed by atoms with van der Waals surface area (Å²) in [6.45, 7) is 4.91. The average Bonchev–Trinajstić information content (AvgIpc) is 2.13. The van der Waals surface area contributed by atoms with Crippen LogP contribution < -0.4 is 0 Å². The lowest BCUT2D eigenvalue weighted by atomic mass is 9.70. The SMILES string of the molecule is CC1C=C2CC3CC(C)(C1)CC23. The third-order valence-electron chi connectivity index (χ3n) is 4.32. The van der Waals surface area contributed by atoms with Gasteiger partial charge in [0.25, 0.3) is 0 Å². The van der Waals surface area contributed by atoms with Gasteiger partial charge in [-0.2, -0.15) is 0 Å². The summed E-state index contributed by atoms with van der Waals surface area (Å²) in [6, 6.07) is 0. The van der Waals surface area contributed by atoms with Gasteiger partial charge in [0.1, 0.15) is 0 Å². The lowest BCUT2D eigenvalue weighted by Crippen LogP contribution is -2.24. The molecule has 12 heavy (non-hydrogen) atoms. The zero-order valence-electron chi connectivity index (χ0n) is 8.14. The van der Waals surface area contributed by atoms with Crippen LogP contribution in [0.4, 0.5) is 0 Å². The highest BCUT2D eigenvalue weighted by atomic mass is 14.6. The van der Waals surface area contributed by atoms with Gasteiger partial charge in [-0.1, -0.05) is 25.5 Å². The third-order valence-corrected chi connectivity index (χ3v) is 4.32. The summed E-state index contributed by atoms with van der Waals surface area (Å²) in [4.78, 5) is 0. The lowest BCUT2D eigenvalue weighted by Gasteiger charge is -2.35. The van der Waals surface area contributed by atoms with E-state index in [1.54, 1.807) is 0 Å². The first-order valence-electron chi connectivity index (χ1n) is 5.37. The number of hydrogen-bond donors (Lipinski definition) is 0. The fourth-order valence-corrected chi connectivity index (χ4v) is 4.06. The van der Waals surface area contributed by atoms with E-state index in [4.69, 9.17) is 0 Å². The van der Waals surface area contributed by atoms with E-state index in [1.807, 2.05) is 5.57 Å². The normalized spacial score (nSPS) is 55.8. The molecule has 0 N–H and O–H groups in total. The summed E-state index contributed by atoms with van der Waals surface area (Å²) >= 11 is 0. The molecule has 0 aromatic rings. The second-order valence-corrected chi connectivity index (χ2v) is 5.71. The molecule has 0 amide bonds. The zero-order valence-corrected chi connectivity index (χ0v) is 8.14. The van der Waals surface area contributed by atoms with Crippen molar-refractivity contribution in [3.63, 3.8) is 0 Å². The van der Waals surface area contributed by atoms with Crippen molar-refractivity contribution in [1.82, 2.24) is 0 Å². The molecule has 0 aromatic carbocycles. The second kappa shape index (κ2) is 1.97. The maximum Gasteiger partial charge on any atom is -0.0166 e. The van der Waals surface area contributed by atoms with Gasteiger partial charge in [-0.3, -0.25) is 0 Å². The van der Waals surface area contributed by atoms with E-state index in [1.165, 1.54) is 25.7 Å². The van der Waals surface area contributed by atoms with Crippen molar-refractivity contribution >= 4 is 0 Å². The fraction of sp³-hybridized carbons (Fsp3) is 0.833. The Kier molecular flexibility index (Phi) is 1.18. The molecule has 0 aliphatic heterocycles. The lowest BCUT2D eigenvalue weighted by molar-refractivity contribution is 0.260. The largest absolute Gasteiger partial charge is 0.0822 e. The molecule has 66 valence electrons. The number of hydrogen-bond acceptors (Lipinski definition) is 0. The van der Waals surface area contributed by atoms with Crippen molar-refractivity contribution in [1.29, 1.82) is 0 Å². The number of allylic oxidation sites excluding steroid dienone is 2. The van der Waals surface area contributed by atoms with Crippen LogP contribution in [-0.4, -0.2) is 0 Å². The standard InChI is InChI=1S/C12H18/c1-8-3-9-4-10-6-12(2,5-8)7-11(9)10/h3,8,10-11H,4-7H2,1-2H3. The maximum absolute atomic E-state index is 2.57. The Bertz CT molecular complexity index is 251. The highest BCUT2D eigenvalue weighted by molar-refractivity contribution is 5.26. The summed E-state index contributed by atoms with van der Waals surface area (Å²) in [6.07, 6.45) is 8.51. The van der Waals surface area contributed by atoms with E-state index in [2.05, 4.69) is 19.9 Å². The van der Waals surface area contributed by atoms with E-state index in [0.717, 1.165) is 17.8 Å². The first-order chi connectivity index (χ1) is 5.66. The van der Waals surface area contributed by atoms with Gasteiger partial charge in [0, 0.05) is 0 Å². The minimum atomic E-state index is 0.712. The molecule has 2 bridgehead atoms. The van der Waals surface area contributed by atoms with E-state index >= 15 is 0 Å². The highest BCUT2D eigenvalue weighted by Gasteiger charge is 2.51. The molecule has 0 saturated heterocycles. The third kappa shape index (κ3) is 0.787. The molecule has 2 saturated carbocycles. The Labute approximate surface area is 75.0 Å². The van der Waals surface area contributed by atoms with Gasteiger partial charge < -0.3 is 0 Å². The molecule has 0 aromatic heterocycles. The summed E-state index contributed by atoms with van der Waals surface area (Å²) in [5.41, 5.74) is 2.53. The molecule has 2 fully saturated rings. The molecule has 3 rings (SSSR count). The Hall–Kier alpha value is -0.260. The Morgan fingerprint density at radius 3 is 3.00 bits per heavy atom. The summed E-state index contributed by atoms with van der Waals surface area (Å²) in [5.74, 6) is 2.98. The first kappa shape index (κ1) is 7.17. The van der Waals surface area contributed by atoms with Crippen LogP contribution in [-0.2, 0) is 0 Å². The summed E-state index contributed by atoms with van der Waals surface area (Å²) in [7, 11) is 0. The van der Waals surface area contributed by atoms with Gasteiger partial charge in [-0.25, -0.2) is 0 Å². The molecule has 0 heterocycles. The second-order valence-electron chi connectivity index (χ2n) is 5.71. The van der Waals surface area contributed by atoms with Crippen molar-refractivity contribution in [3.05, 3.63) is 11.6 Å². The molecular formula is C12H18. The van der Waals surface area contributed by atoms with Crippen LogP contribution in [0.3, 0.4) is 0 Å². The summed E-state index contributed by atoms with van der Waals surface area (Å²) in [5, 5.41) is 0. The highest BCUT2D eigenvalue weighted by Crippen LogP contribution is 2.62. The minimum Gasteiger partial charge on any atom is -0.0822 e. The molecule has 3 aliphatic carbocycles. The van der Waals surface area contributed by atoms with Gasteiger partial charge in [-0.05, 0) is 48.9 Å². The monoisotopic (exact) mass is 162 g/mol. The van der Waals surface area contributed by atoms with Crippen molar-refractivity contribution in [2.45, 2.75) is 39.5 Å². The van der Waals surface area contributed by atoms with Crippen LogP contribution in [0.15, 0.2) is 11.6 Å². The molecule has 4 atom stereocenters. The predicted molar refractivity (Wildman–Crippen MR) is 50.8 cm³/mol. The van der Waals surface area contributed by atoms with Crippen LogP contribution in [0.25, 0.3) is 0 Å². The fourth-order valence-electron chi connectivity index (χ4n) is 4.06. The minimum absolute atomic E-state index is 0.712. The average molecular weight is 162 g/mol. The maximum atomic E-state index is 2.57. The van der Waals surface area contributed by atoms with Gasteiger partial charge >= 0.3 is 0 Å². The van der Waals surface area contributed by atoms with Crippen LogP contribution in [0.2, 0.25) is 0 Å². The molecule has 0 heteroatoms. The van der Waals surface area contributed by atoms with Crippen LogP contribution >= 0.6 is 0 Å². The number of fused-ring (bicyclic) bond motifs is 1. The quantitative estimate of drug-likeness (QED) is 0.479. The Morgan fingerprint density at radius 1 is 1.33 bits per heavy atom. The Balaban J connectivity index is 2.01. The van der Waals surface area contributed by atoms with Crippen molar-refractivity contribution in [3.8, 4) is 0 Å². The van der Waals surface area contributed by atoms with Crippen LogP contribution in [0.5, 0.6) is 0 Å². The molecular weight excluding hydrogens is 144 g/mol. The van der Waals surface area contributed by atoms with Gasteiger partial charge in [0.15, 0.2) is 0 Å². The molecule has 0 spiro atoms. The molecule has 0 nitrogen and oxygen atoms in total. The van der Waals surface area contributed by atoms with Crippen molar-refractivity contribution in [2.24, 2.45) is 23.2 Å². The smallest absolute Gasteiger partial charge is 0.0166 e. The van der Waals surface area contributed by atoms with Crippen LogP contribution in [0.1, 0.15) is 39.5 Å². The van der Waals surface area contributed by atoms with E-state index in [0.29, 0.717) is 5.41 Å². The van der Waals surface area contributed by atoms with E-state index < -0.39 is 0 Å². The molecule has 3 aliphatic rings. The topological polar surface area (TPSA) is 0 Å². The van der Waals surface area contributed by atoms with Gasteiger partial charge in [-0.15, -0.1) is 0 Å². The zero-order chi connectivity index (χ0) is 8.34. The van der Waals surface area contributed by atoms with Crippen molar-refractivity contribution in [2.75, 3.05) is 0 Å². The van der Waals surface area contributed by atoms with E-state index in [-0.39, 0.29) is 0 Å². The predicted octanol–water partition coefficient (Wildman–Crippen LogP) is 3.39. The van der Waals surface area contributed by atoms with Crippen LogP contribution in [0, 0.1) is 23.2 Å². The molecule has 4 unspecified atom stereocenters. The summed E-state index contributed by atoms with van der Waals surface area (Å²) < 4.78 is 0. The Morgan fingerprint density at radius 2 is 2.17 bits per heavy atom. The van der Waals surface area contributed by atoms with Gasteiger partial charge in [0.05, 0.1) is 0 Å². The first-order valence-corrected chi connectivity index (χ1v) is 5.37. The van der Waals surface area contributed by atoms with E-state index in [9.17, 15) is 0 Å². The number of rotatable bonds is 0. The van der Waals surface area contributed by atoms with Crippen molar-refractivity contribution < 1.29 is 0 Å².